The number of carbonyl (C=O) groups is 2. The molecule has 0 bridgehead atoms. The fourth-order valence-electron chi connectivity index (χ4n) is 2.07. The molecule has 2 rings (SSSR count). The van der Waals surface area contributed by atoms with Crippen LogP contribution in [0.25, 0.3) is 11.0 Å². The number of carbonyl (C=O) groups excluding carboxylic acids is 2. The Morgan fingerprint density at radius 1 is 1.32 bits per heavy atom. The highest BCUT2D eigenvalue weighted by Crippen LogP contribution is 2.18. The third kappa shape index (κ3) is 4.07. The van der Waals surface area contributed by atoms with Crippen LogP contribution in [0.15, 0.2) is 18.2 Å². The van der Waals surface area contributed by atoms with Crippen LogP contribution in [0.4, 0.5) is 0 Å². The number of benzene rings is 1. The molecule has 0 aliphatic heterocycles. The molecule has 0 saturated carbocycles. The molecule has 0 atom stereocenters. The van der Waals surface area contributed by atoms with Gasteiger partial charge in [-0.05, 0) is 17.7 Å². The highest BCUT2D eigenvalue weighted by Gasteiger charge is 2.09. The molecule has 2 N–H and O–H groups in total. The van der Waals surface area contributed by atoms with Crippen molar-refractivity contribution in [3.8, 4) is 0 Å². The van der Waals surface area contributed by atoms with Gasteiger partial charge in [0.15, 0.2) is 0 Å². The number of H-pyrrole nitrogens is 1. The first-order valence-corrected chi connectivity index (χ1v) is 7.31. The summed E-state index contributed by atoms with van der Waals surface area (Å²) in [7, 11) is 1.31. The maximum Gasteiger partial charge on any atom is 0.306 e. The molecule has 1 aromatic carbocycles. The smallest absolute Gasteiger partial charge is 0.306 e. The summed E-state index contributed by atoms with van der Waals surface area (Å²) in [4.78, 5) is 30.4. The van der Waals surface area contributed by atoms with E-state index in [9.17, 15) is 9.59 Å². The minimum atomic E-state index is -0.379. The molecule has 118 valence electrons. The van der Waals surface area contributed by atoms with Crippen LogP contribution in [0.5, 0.6) is 0 Å². The molecular formula is C16H21N3O3. The molecule has 0 radical (unpaired) electrons. The van der Waals surface area contributed by atoms with Gasteiger partial charge in [-0.3, -0.25) is 9.59 Å². The minimum absolute atomic E-state index is 0.0969. The van der Waals surface area contributed by atoms with Crippen LogP contribution >= 0.6 is 0 Å². The number of methoxy groups -OCH3 is 1. The fourth-order valence-corrected chi connectivity index (χ4v) is 2.07. The summed E-state index contributed by atoms with van der Waals surface area (Å²) in [6, 6.07) is 5.86. The highest BCUT2D eigenvalue weighted by atomic mass is 16.5. The van der Waals surface area contributed by atoms with Crippen molar-refractivity contribution < 1.29 is 14.3 Å². The number of aromatic nitrogens is 2. The van der Waals surface area contributed by atoms with Crippen LogP contribution in [0.1, 0.15) is 44.0 Å². The predicted molar refractivity (Wildman–Crippen MR) is 83.3 cm³/mol. The zero-order valence-corrected chi connectivity index (χ0v) is 13.1. The number of hydrogen-bond donors (Lipinski definition) is 2. The maximum atomic E-state index is 11.7. The Balaban J connectivity index is 1.94. The molecule has 2 aromatic rings. The molecule has 6 nitrogen and oxygen atoms in total. The van der Waals surface area contributed by atoms with Gasteiger partial charge in [-0.25, -0.2) is 4.98 Å². The SMILES string of the molecule is COC(=O)CCC(=O)NCc1ccc2nc(C(C)C)[nH]c2c1. The Hall–Kier alpha value is -2.37. The molecule has 1 amide bonds. The number of nitrogens with one attached hydrogen (secondary N) is 2. The van der Waals surface area contributed by atoms with E-state index < -0.39 is 0 Å². The van der Waals surface area contributed by atoms with Gasteiger partial charge in [0, 0.05) is 18.9 Å². The monoisotopic (exact) mass is 303 g/mol. The van der Waals surface area contributed by atoms with E-state index in [4.69, 9.17) is 0 Å². The Morgan fingerprint density at radius 2 is 2.09 bits per heavy atom. The predicted octanol–water partition coefficient (Wildman–Crippen LogP) is 2.26. The van der Waals surface area contributed by atoms with Gasteiger partial charge in [-0.2, -0.15) is 0 Å². The molecule has 0 saturated heterocycles. The third-order valence-electron chi connectivity index (χ3n) is 3.39. The van der Waals surface area contributed by atoms with Crippen molar-refractivity contribution in [3.63, 3.8) is 0 Å². The van der Waals surface area contributed by atoms with Crippen molar-refractivity contribution in [2.75, 3.05) is 7.11 Å². The zero-order valence-electron chi connectivity index (χ0n) is 13.1. The average molecular weight is 303 g/mol. The Morgan fingerprint density at radius 3 is 2.77 bits per heavy atom. The second-order valence-corrected chi connectivity index (χ2v) is 5.48. The molecule has 0 fully saturated rings. The summed E-state index contributed by atoms with van der Waals surface area (Å²) in [5.74, 6) is 0.747. The number of fused-ring (bicyclic) bond motifs is 1. The van der Waals surface area contributed by atoms with Crippen molar-refractivity contribution in [1.82, 2.24) is 15.3 Å². The summed E-state index contributed by atoms with van der Waals surface area (Å²) in [5.41, 5.74) is 2.87. The molecule has 0 spiro atoms. The largest absolute Gasteiger partial charge is 0.469 e. The number of nitrogens with zero attached hydrogens (tertiary/aromatic N) is 1. The molecule has 22 heavy (non-hydrogen) atoms. The van der Waals surface area contributed by atoms with Crippen LogP contribution in [0.3, 0.4) is 0 Å². The summed E-state index contributed by atoms with van der Waals surface area (Å²) in [6.07, 6.45) is 0.232. The van der Waals surface area contributed by atoms with Crippen molar-refractivity contribution in [2.45, 2.75) is 39.2 Å². The Kier molecular flexibility index (Phi) is 5.14. The summed E-state index contributed by atoms with van der Waals surface area (Å²) in [6.45, 7) is 4.59. The van der Waals surface area contributed by atoms with Crippen molar-refractivity contribution in [2.24, 2.45) is 0 Å². The van der Waals surface area contributed by atoms with Crippen LogP contribution < -0.4 is 5.32 Å². The Bertz CT molecular complexity index is 676. The maximum absolute atomic E-state index is 11.7. The first-order chi connectivity index (χ1) is 10.5. The van der Waals surface area contributed by atoms with Crippen LogP contribution in [-0.4, -0.2) is 29.0 Å². The van der Waals surface area contributed by atoms with Gasteiger partial charge >= 0.3 is 5.97 Å². The van der Waals surface area contributed by atoms with E-state index in [1.165, 1.54) is 7.11 Å². The van der Waals surface area contributed by atoms with E-state index in [1.54, 1.807) is 0 Å². The lowest BCUT2D eigenvalue weighted by molar-refractivity contribution is -0.142. The van der Waals surface area contributed by atoms with Gasteiger partial charge in [0.1, 0.15) is 5.82 Å². The summed E-state index contributed by atoms with van der Waals surface area (Å²) < 4.78 is 4.50. The van der Waals surface area contributed by atoms with Gasteiger partial charge in [-0.15, -0.1) is 0 Å². The third-order valence-corrected chi connectivity index (χ3v) is 3.39. The molecule has 0 aliphatic carbocycles. The van der Waals surface area contributed by atoms with Gasteiger partial charge in [0.05, 0.1) is 24.6 Å². The quantitative estimate of drug-likeness (QED) is 0.802. The number of esters is 1. The van der Waals surface area contributed by atoms with Crippen LogP contribution in [0, 0.1) is 0 Å². The van der Waals surface area contributed by atoms with Crippen molar-refractivity contribution in [1.29, 1.82) is 0 Å². The van der Waals surface area contributed by atoms with E-state index in [1.807, 2.05) is 18.2 Å². The van der Waals surface area contributed by atoms with E-state index in [0.29, 0.717) is 12.5 Å². The molecule has 6 heteroatoms. The van der Waals surface area contributed by atoms with E-state index in [-0.39, 0.29) is 24.7 Å². The van der Waals surface area contributed by atoms with Gasteiger partial charge in [-0.1, -0.05) is 19.9 Å². The summed E-state index contributed by atoms with van der Waals surface area (Å²) >= 11 is 0. The van der Waals surface area contributed by atoms with Crippen LogP contribution in [-0.2, 0) is 20.9 Å². The minimum Gasteiger partial charge on any atom is -0.469 e. The molecule has 0 aliphatic rings. The molecule has 0 unspecified atom stereocenters. The number of ether oxygens (including phenoxy) is 1. The van der Waals surface area contributed by atoms with Gasteiger partial charge in [0.2, 0.25) is 5.91 Å². The lowest BCUT2D eigenvalue weighted by Crippen LogP contribution is -2.23. The van der Waals surface area contributed by atoms with Gasteiger partial charge in [0.25, 0.3) is 0 Å². The molecule has 1 aromatic heterocycles. The van der Waals surface area contributed by atoms with Crippen molar-refractivity contribution in [3.05, 3.63) is 29.6 Å². The Labute approximate surface area is 129 Å². The fraction of sp³-hybridized carbons (Fsp3) is 0.438. The van der Waals surface area contributed by atoms with Crippen molar-refractivity contribution >= 4 is 22.9 Å². The summed E-state index contributed by atoms with van der Waals surface area (Å²) in [5, 5.41) is 2.79. The van der Waals surface area contributed by atoms with E-state index >= 15 is 0 Å². The normalized spacial score (nSPS) is 10.9. The first-order valence-electron chi connectivity index (χ1n) is 7.31. The molecular weight excluding hydrogens is 282 g/mol. The number of aromatic amines is 1. The standard InChI is InChI=1S/C16H21N3O3/c1-10(2)16-18-12-5-4-11(8-13(12)19-16)9-17-14(20)6-7-15(21)22-3/h4-5,8,10H,6-7,9H2,1-3H3,(H,17,20)(H,18,19). The second-order valence-electron chi connectivity index (χ2n) is 5.48. The number of imidazole rings is 1. The first kappa shape index (κ1) is 16.0. The zero-order chi connectivity index (χ0) is 16.1. The topological polar surface area (TPSA) is 84.1 Å². The average Bonchev–Trinajstić information content (AvgIpc) is 2.93. The lowest BCUT2D eigenvalue weighted by Gasteiger charge is -2.05. The number of rotatable bonds is 6. The highest BCUT2D eigenvalue weighted by molar-refractivity contribution is 5.81. The van der Waals surface area contributed by atoms with Crippen LogP contribution in [0.2, 0.25) is 0 Å². The van der Waals surface area contributed by atoms with E-state index in [2.05, 4.69) is 33.9 Å². The van der Waals surface area contributed by atoms with Gasteiger partial charge < -0.3 is 15.0 Å². The number of amides is 1. The molecule has 1 heterocycles. The van der Waals surface area contributed by atoms with E-state index in [0.717, 1.165) is 22.4 Å². The lowest BCUT2D eigenvalue weighted by atomic mass is 10.2. The number of hydrogen-bond acceptors (Lipinski definition) is 4. The second kappa shape index (κ2) is 7.06.